The maximum absolute atomic E-state index is 10.7. The Labute approximate surface area is 123 Å². The molecular weight excluding hydrogens is 248 g/mol. The summed E-state index contributed by atoms with van der Waals surface area (Å²) in [6.07, 6.45) is 4.84. The second kappa shape index (κ2) is 6.73. The van der Waals surface area contributed by atoms with Crippen molar-refractivity contribution in [1.29, 1.82) is 0 Å². The lowest BCUT2D eigenvalue weighted by Gasteiger charge is -2.36. The predicted molar refractivity (Wildman–Crippen MR) is 83.1 cm³/mol. The fourth-order valence-corrected chi connectivity index (χ4v) is 3.38. The molecule has 2 nitrogen and oxygen atoms in total. The molecule has 1 aromatic rings. The number of rotatable bonds is 6. The first kappa shape index (κ1) is 15.5. The normalized spacial score (nSPS) is 22.9. The monoisotopic (exact) mass is 276 g/mol. The molecule has 0 fully saturated rings. The van der Waals surface area contributed by atoms with Crippen LogP contribution in [0.3, 0.4) is 0 Å². The Hall–Kier alpha value is -0.860. The van der Waals surface area contributed by atoms with Crippen LogP contribution in [0.4, 0.5) is 0 Å². The first-order chi connectivity index (χ1) is 9.60. The zero-order valence-corrected chi connectivity index (χ0v) is 13.1. The zero-order chi connectivity index (χ0) is 14.6. The van der Waals surface area contributed by atoms with Gasteiger partial charge in [-0.3, -0.25) is 0 Å². The molecule has 0 saturated carbocycles. The lowest BCUT2D eigenvalue weighted by molar-refractivity contribution is -0.115. The van der Waals surface area contributed by atoms with E-state index in [9.17, 15) is 5.11 Å². The highest BCUT2D eigenvalue weighted by Gasteiger charge is 2.34. The number of aliphatic hydroxyl groups is 1. The van der Waals surface area contributed by atoms with Crippen LogP contribution in [-0.2, 0) is 11.2 Å². The molecule has 3 atom stereocenters. The van der Waals surface area contributed by atoms with Crippen molar-refractivity contribution in [2.45, 2.75) is 70.5 Å². The van der Waals surface area contributed by atoms with E-state index in [1.165, 1.54) is 30.4 Å². The number of aryl methyl sites for hydroxylation is 1. The summed E-state index contributed by atoms with van der Waals surface area (Å²) >= 11 is 0. The summed E-state index contributed by atoms with van der Waals surface area (Å²) in [5.74, 6) is 0.473. The third-order valence-electron chi connectivity index (χ3n) is 4.88. The zero-order valence-electron chi connectivity index (χ0n) is 13.1. The molecule has 3 unspecified atom stereocenters. The molecular formula is C18H28O2. The van der Waals surface area contributed by atoms with Crippen molar-refractivity contribution < 1.29 is 9.84 Å². The van der Waals surface area contributed by atoms with Gasteiger partial charge in [0.2, 0.25) is 0 Å². The van der Waals surface area contributed by atoms with Crippen LogP contribution in [0.15, 0.2) is 24.3 Å². The van der Waals surface area contributed by atoms with Gasteiger partial charge in [-0.15, -0.1) is 0 Å². The van der Waals surface area contributed by atoms with Gasteiger partial charge in [-0.2, -0.15) is 0 Å². The molecule has 0 aliphatic heterocycles. The Morgan fingerprint density at radius 1 is 1.35 bits per heavy atom. The molecule has 0 bridgehead atoms. The largest absolute Gasteiger partial charge is 0.390 e. The average molecular weight is 276 g/mol. The van der Waals surface area contributed by atoms with Crippen molar-refractivity contribution in [2.24, 2.45) is 0 Å². The summed E-state index contributed by atoms with van der Waals surface area (Å²) in [4.78, 5) is 0. The van der Waals surface area contributed by atoms with E-state index in [2.05, 4.69) is 31.2 Å². The number of ether oxygens (including phenoxy) is 1. The van der Waals surface area contributed by atoms with Crippen molar-refractivity contribution in [3.05, 3.63) is 35.4 Å². The van der Waals surface area contributed by atoms with E-state index >= 15 is 0 Å². The van der Waals surface area contributed by atoms with Crippen LogP contribution >= 0.6 is 0 Å². The van der Waals surface area contributed by atoms with Gasteiger partial charge in [0.25, 0.3) is 0 Å². The molecule has 1 N–H and O–H groups in total. The molecule has 2 rings (SSSR count). The minimum absolute atomic E-state index is 0.399. The van der Waals surface area contributed by atoms with E-state index in [4.69, 9.17) is 4.74 Å². The Kier molecular flexibility index (Phi) is 5.22. The highest BCUT2D eigenvalue weighted by molar-refractivity contribution is 5.32. The first-order valence-electron chi connectivity index (χ1n) is 8.00. The standard InChI is InChI=1S/C18H28O2/c1-4-18(3,20-5-2)17(19)13-15-11-8-10-14-9-6-7-12-16(14)15/h6-7,9,12,15,17,19H,4-5,8,10-11,13H2,1-3H3. The average Bonchev–Trinajstić information content (AvgIpc) is 2.47. The van der Waals surface area contributed by atoms with Gasteiger partial charge in [0, 0.05) is 6.61 Å². The second-order valence-corrected chi connectivity index (χ2v) is 6.14. The van der Waals surface area contributed by atoms with Crippen LogP contribution in [0.25, 0.3) is 0 Å². The lowest BCUT2D eigenvalue weighted by atomic mass is 9.77. The van der Waals surface area contributed by atoms with Gasteiger partial charge in [-0.1, -0.05) is 31.2 Å². The molecule has 0 spiro atoms. The molecule has 0 amide bonds. The van der Waals surface area contributed by atoms with E-state index < -0.39 is 11.7 Å². The molecule has 112 valence electrons. The molecule has 20 heavy (non-hydrogen) atoms. The van der Waals surface area contributed by atoms with Crippen LogP contribution in [0, 0.1) is 0 Å². The van der Waals surface area contributed by atoms with Crippen LogP contribution in [0.1, 0.15) is 63.5 Å². The Bertz CT molecular complexity index is 429. The molecule has 0 aromatic heterocycles. The van der Waals surface area contributed by atoms with E-state index in [0.717, 1.165) is 12.8 Å². The molecule has 1 aromatic carbocycles. The number of hydrogen-bond acceptors (Lipinski definition) is 2. The Morgan fingerprint density at radius 2 is 2.10 bits per heavy atom. The molecule has 0 saturated heterocycles. The van der Waals surface area contributed by atoms with Crippen molar-refractivity contribution >= 4 is 0 Å². The summed E-state index contributed by atoms with van der Waals surface area (Å²) in [7, 11) is 0. The Morgan fingerprint density at radius 3 is 2.80 bits per heavy atom. The van der Waals surface area contributed by atoms with Gasteiger partial charge in [0.15, 0.2) is 0 Å². The second-order valence-electron chi connectivity index (χ2n) is 6.14. The van der Waals surface area contributed by atoms with E-state index in [-0.39, 0.29) is 0 Å². The van der Waals surface area contributed by atoms with E-state index in [1.807, 2.05) is 13.8 Å². The van der Waals surface area contributed by atoms with Crippen LogP contribution < -0.4 is 0 Å². The number of fused-ring (bicyclic) bond motifs is 1. The van der Waals surface area contributed by atoms with Gasteiger partial charge in [0.05, 0.1) is 11.7 Å². The lowest BCUT2D eigenvalue weighted by Crippen LogP contribution is -2.42. The van der Waals surface area contributed by atoms with Gasteiger partial charge in [-0.05, 0) is 63.0 Å². The van der Waals surface area contributed by atoms with Gasteiger partial charge in [-0.25, -0.2) is 0 Å². The highest BCUT2D eigenvalue weighted by atomic mass is 16.5. The summed E-state index contributed by atoms with van der Waals surface area (Å²) < 4.78 is 5.82. The van der Waals surface area contributed by atoms with E-state index in [1.54, 1.807) is 0 Å². The maximum Gasteiger partial charge on any atom is 0.0909 e. The van der Waals surface area contributed by atoms with E-state index in [0.29, 0.717) is 12.5 Å². The first-order valence-corrected chi connectivity index (χ1v) is 8.00. The summed E-state index contributed by atoms with van der Waals surface area (Å²) in [6, 6.07) is 8.70. The van der Waals surface area contributed by atoms with Crippen molar-refractivity contribution in [1.82, 2.24) is 0 Å². The predicted octanol–water partition coefficient (Wildman–Crippen LogP) is 4.06. The van der Waals surface area contributed by atoms with Crippen LogP contribution in [0.2, 0.25) is 0 Å². The third kappa shape index (κ3) is 3.24. The maximum atomic E-state index is 10.7. The van der Waals surface area contributed by atoms with Crippen LogP contribution in [0.5, 0.6) is 0 Å². The quantitative estimate of drug-likeness (QED) is 0.849. The van der Waals surface area contributed by atoms with Gasteiger partial charge >= 0.3 is 0 Å². The fourth-order valence-electron chi connectivity index (χ4n) is 3.38. The third-order valence-corrected chi connectivity index (χ3v) is 4.88. The van der Waals surface area contributed by atoms with Crippen molar-refractivity contribution in [2.75, 3.05) is 6.61 Å². The molecule has 1 aliphatic carbocycles. The fraction of sp³-hybridized carbons (Fsp3) is 0.667. The minimum Gasteiger partial charge on any atom is -0.390 e. The topological polar surface area (TPSA) is 29.5 Å². The molecule has 1 aliphatic rings. The van der Waals surface area contributed by atoms with Crippen molar-refractivity contribution in [3.8, 4) is 0 Å². The minimum atomic E-state index is -0.416. The van der Waals surface area contributed by atoms with Gasteiger partial charge < -0.3 is 9.84 Å². The number of benzene rings is 1. The van der Waals surface area contributed by atoms with Gasteiger partial charge in [0.1, 0.15) is 0 Å². The molecule has 0 radical (unpaired) electrons. The summed E-state index contributed by atoms with van der Waals surface area (Å²) in [5.41, 5.74) is 2.49. The summed E-state index contributed by atoms with van der Waals surface area (Å²) in [5, 5.41) is 10.7. The van der Waals surface area contributed by atoms with Crippen LogP contribution in [-0.4, -0.2) is 23.4 Å². The summed E-state index contributed by atoms with van der Waals surface area (Å²) in [6.45, 7) is 6.78. The smallest absolute Gasteiger partial charge is 0.0909 e. The highest BCUT2D eigenvalue weighted by Crippen LogP contribution is 2.37. The number of hydrogen-bond donors (Lipinski definition) is 1. The Balaban J connectivity index is 2.11. The number of aliphatic hydroxyl groups excluding tert-OH is 1. The van der Waals surface area contributed by atoms with Crippen molar-refractivity contribution in [3.63, 3.8) is 0 Å². The molecule has 2 heteroatoms. The molecule has 0 heterocycles. The SMILES string of the molecule is CCOC(C)(CC)C(O)CC1CCCc2ccccc21.